The van der Waals surface area contributed by atoms with Crippen molar-refractivity contribution in [1.29, 1.82) is 0 Å². The van der Waals surface area contributed by atoms with Crippen LogP contribution in [0.2, 0.25) is 0 Å². The van der Waals surface area contributed by atoms with E-state index in [9.17, 15) is 9.59 Å². The van der Waals surface area contributed by atoms with Crippen LogP contribution in [0, 0.1) is 6.92 Å². The second-order valence-corrected chi connectivity index (χ2v) is 8.90. The fourth-order valence-corrected chi connectivity index (χ4v) is 4.57. The highest BCUT2D eigenvalue weighted by molar-refractivity contribution is 9.10. The van der Waals surface area contributed by atoms with Crippen LogP contribution in [0.25, 0.3) is 0 Å². The van der Waals surface area contributed by atoms with E-state index in [0.29, 0.717) is 23.6 Å². The molecule has 1 heterocycles. The lowest BCUT2D eigenvalue weighted by Crippen LogP contribution is -2.37. The Bertz CT molecular complexity index is 882. The first-order valence-corrected chi connectivity index (χ1v) is 10.9. The molecule has 1 aromatic carbocycles. The Balaban J connectivity index is 1.79. The summed E-state index contributed by atoms with van der Waals surface area (Å²) in [6, 6.07) is 4.31. The molecule has 0 spiro atoms. The maximum atomic E-state index is 13.0. The predicted molar refractivity (Wildman–Crippen MR) is 120 cm³/mol. The van der Waals surface area contributed by atoms with Gasteiger partial charge < -0.3 is 15.0 Å². The number of halogens is 1. The molecule has 2 aliphatic rings. The third kappa shape index (κ3) is 4.98. The monoisotopic (exact) mass is 460 g/mol. The van der Waals surface area contributed by atoms with E-state index < -0.39 is 0 Å². The third-order valence-corrected chi connectivity index (χ3v) is 6.31. The van der Waals surface area contributed by atoms with Gasteiger partial charge in [0.25, 0.3) is 5.91 Å². The van der Waals surface area contributed by atoms with Gasteiger partial charge in [-0.15, -0.1) is 0 Å². The SMILES string of the molecule is CC1=CC(C)=C(CNC(=O)c2cc(Br)cc(N(C)C3CCOCC3)c2C)C(=O)C1. The summed E-state index contributed by atoms with van der Waals surface area (Å²) in [6.45, 7) is 7.66. The van der Waals surface area contributed by atoms with E-state index in [2.05, 4.69) is 39.3 Å². The minimum atomic E-state index is -0.162. The number of allylic oxidation sites excluding steroid dienone is 3. The van der Waals surface area contributed by atoms with E-state index in [1.807, 2.05) is 32.9 Å². The van der Waals surface area contributed by atoms with Crippen LogP contribution in [-0.2, 0) is 9.53 Å². The van der Waals surface area contributed by atoms with Crippen LogP contribution in [-0.4, -0.2) is 44.5 Å². The van der Waals surface area contributed by atoms with Crippen LogP contribution in [0.5, 0.6) is 0 Å². The van der Waals surface area contributed by atoms with Gasteiger partial charge in [0.05, 0.1) is 0 Å². The average molecular weight is 461 g/mol. The lowest BCUT2D eigenvalue weighted by Gasteiger charge is -2.34. The van der Waals surface area contributed by atoms with Crippen LogP contribution < -0.4 is 10.2 Å². The zero-order valence-electron chi connectivity index (χ0n) is 17.6. The van der Waals surface area contributed by atoms with Gasteiger partial charge in [0.1, 0.15) is 0 Å². The first-order chi connectivity index (χ1) is 13.8. The first kappa shape index (κ1) is 21.8. The fraction of sp³-hybridized carbons (Fsp3) is 0.478. The van der Waals surface area contributed by atoms with Crippen molar-refractivity contribution in [2.24, 2.45) is 0 Å². The maximum Gasteiger partial charge on any atom is 0.251 e. The standard InChI is InChI=1S/C23H29BrN2O3/c1-14-9-15(2)20(22(27)10-14)13-25-23(28)19-11-17(24)12-21(16(19)3)26(4)18-5-7-29-8-6-18/h9,11-12,18H,5-8,10,13H2,1-4H3,(H,25,28). The normalized spacial score (nSPS) is 18.0. The molecule has 156 valence electrons. The van der Waals surface area contributed by atoms with E-state index in [1.165, 1.54) is 0 Å². The van der Waals surface area contributed by atoms with Crippen LogP contribution >= 0.6 is 15.9 Å². The average Bonchev–Trinajstić information content (AvgIpc) is 2.68. The summed E-state index contributed by atoms with van der Waals surface area (Å²) in [5.41, 5.74) is 5.30. The number of hydrogen-bond acceptors (Lipinski definition) is 4. The van der Waals surface area contributed by atoms with E-state index in [0.717, 1.165) is 52.9 Å². The molecular weight excluding hydrogens is 432 g/mol. The largest absolute Gasteiger partial charge is 0.381 e. The van der Waals surface area contributed by atoms with E-state index >= 15 is 0 Å². The van der Waals surface area contributed by atoms with Gasteiger partial charge in [-0.1, -0.05) is 27.6 Å². The lowest BCUT2D eigenvalue weighted by molar-refractivity contribution is -0.115. The number of carbonyl (C=O) groups excluding carboxylic acids is 2. The van der Waals surface area contributed by atoms with Crippen molar-refractivity contribution >= 4 is 33.3 Å². The number of ether oxygens (including phenoxy) is 1. The second kappa shape index (κ2) is 9.26. The summed E-state index contributed by atoms with van der Waals surface area (Å²) in [7, 11) is 2.08. The van der Waals surface area contributed by atoms with Gasteiger partial charge in [0, 0.05) is 60.6 Å². The molecule has 1 aromatic rings. The topological polar surface area (TPSA) is 58.6 Å². The number of carbonyl (C=O) groups is 2. The Morgan fingerprint density at radius 1 is 1.24 bits per heavy atom. The lowest BCUT2D eigenvalue weighted by atomic mass is 9.92. The smallest absolute Gasteiger partial charge is 0.251 e. The Hall–Kier alpha value is -1.92. The highest BCUT2D eigenvalue weighted by Crippen LogP contribution is 2.31. The molecule has 0 unspecified atom stereocenters. The fourth-order valence-electron chi connectivity index (χ4n) is 4.13. The molecule has 0 radical (unpaired) electrons. The van der Waals surface area contributed by atoms with Crippen molar-refractivity contribution in [3.8, 4) is 0 Å². The number of Topliss-reactive ketones (excluding diaryl/α,β-unsaturated/α-hetero) is 1. The van der Waals surface area contributed by atoms with Crippen LogP contribution in [0.15, 0.2) is 39.4 Å². The molecule has 0 bridgehead atoms. The zero-order valence-corrected chi connectivity index (χ0v) is 19.2. The maximum absolute atomic E-state index is 13.0. The molecule has 1 N–H and O–H groups in total. The first-order valence-electron chi connectivity index (χ1n) is 10.1. The summed E-state index contributed by atoms with van der Waals surface area (Å²) < 4.78 is 6.34. The molecule has 1 saturated heterocycles. The Morgan fingerprint density at radius 3 is 2.59 bits per heavy atom. The van der Waals surface area contributed by atoms with Crippen LogP contribution in [0.3, 0.4) is 0 Å². The van der Waals surface area contributed by atoms with Gasteiger partial charge in [-0.25, -0.2) is 0 Å². The molecule has 0 aromatic heterocycles. The summed E-state index contributed by atoms with van der Waals surface area (Å²) in [5, 5.41) is 2.95. The Kier molecular flexibility index (Phi) is 6.96. The summed E-state index contributed by atoms with van der Waals surface area (Å²) in [5.74, 6) is -0.0708. The van der Waals surface area contributed by atoms with Gasteiger partial charge in [0.15, 0.2) is 5.78 Å². The van der Waals surface area contributed by atoms with Crippen molar-refractivity contribution in [2.75, 3.05) is 31.7 Å². The van der Waals surface area contributed by atoms with Gasteiger partial charge in [-0.3, -0.25) is 9.59 Å². The molecule has 1 fully saturated rings. The molecule has 1 amide bonds. The van der Waals surface area contributed by atoms with Crippen LogP contribution in [0.4, 0.5) is 5.69 Å². The number of rotatable bonds is 5. The molecule has 3 rings (SSSR count). The molecule has 5 nitrogen and oxygen atoms in total. The zero-order chi connectivity index (χ0) is 21.1. The number of nitrogens with one attached hydrogen (secondary N) is 1. The Labute approximate surface area is 181 Å². The van der Waals surface area contributed by atoms with Crippen molar-refractivity contribution in [3.63, 3.8) is 0 Å². The predicted octanol–water partition coefficient (Wildman–Crippen LogP) is 4.34. The van der Waals surface area contributed by atoms with E-state index in [4.69, 9.17) is 4.74 Å². The molecule has 1 aliphatic heterocycles. The van der Waals surface area contributed by atoms with Crippen molar-refractivity contribution in [2.45, 2.75) is 46.1 Å². The molecule has 6 heteroatoms. The number of anilines is 1. The molecule has 0 atom stereocenters. The van der Waals surface area contributed by atoms with Gasteiger partial charge in [-0.2, -0.15) is 0 Å². The third-order valence-electron chi connectivity index (χ3n) is 5.85. The molecule has 1 aliphatic carbocycles. The van der Waals surface area contributed by atoms with Crippen molar-refractivity contribution < 1.29 is 14.3 Å². The van der Waals surface area contributed by atoms with Gasteiger partial charge in [-0.05, 0) is 56.9 Å². The minimum Gasteiger partial charge on any atom is -0.381 e. The quantitative estimate of drug-likeness (QED) is 0.709. The molecule has 29 heavy (non-hydrogen) atoms. The van der Waals surface area contributed by atoms with Crippen molar-refractivity contribution in [1.82, 2.24) is 5.32 Å². The van der Waals surface area contributed by atoms with Crippen molar-refractivity contribution in [3.05, 3.63) is 50.5 Å². The number of ketones is 1. The summed E-state index contributed by atoms with van der Waals surface area (Å²) in [6.07, 6.45) is 4.41. The number of nitrogens with zero attached hydrogens (tertiary/aromatic N) is 1. The minimum absolute atomic E-state index is 0.0914. The highest BCUT2D eigenvalue weighted by Gasteiger charge is 2.23. The van der Waals surface area contributed by atoms with E-state index in [-0.39, 0.29) is 18.2 Å². The molecule has 0 saturated carbocycles. The highest BCUT2D eigenvalue weighted by atomic mass is 79.9. The number of benzene rings is 1. The number of hydrogen-bond donors (Lipinski definition) is 1. The van der Waals surface area contributed by atoms with Crippen LogP contribution in [0.1, 0.15) is 49.0 Å². The van der Waals surface area contributed by atoms with Gasteiger partial charge >= 0.3 is 0 Å². The molecular formula is C23H29BrN2O3. The summed E-state index contributed by atoms with van der Waals surface area (Å²) in [4.78, 5) is 27.6. The van der Waals surface area contributed by atoms with E-state index in [1.54, 1.807) is 0 Å². The van der Waals surface area contributed by atoms with Gasteiger partial charge in [0.2, 0.25) is 0 Å². The second-order valence-electron chi connectivity index (χ2n) is 7.99. The summed E-state index contributed by atoms with van der Waals surface area (Å²) >= 11 is 3.56. The Morgan fingerprint density at radius 2 is 1.93 bits per heavy atom. The number of amides is 1.